The number of hydrogen-bond acceptors (Lipinski definition) is 3. The van der Waals surface area contributed by atoms with E-state index >= 15 is 0 Å². The molecule has 2 aliphatic rings. The van der Waals surface area contributed by atoms with Crippen molar-refractivity contribution in [3.05, 3.63) is 42.5 Å². The highest BCUT2D eigenvalue weighted by molar-refractivity contribution is 6.07. The molecule has 0 bridgehead atoms. The standard InChI is InChI=1S/C21H23N3O3/c1-23(17-9-8-15-6-2-3-7-16(15)14-17)18(25)10-13-24-19(26)21(22-20(24)27)11-4-5-12-21/h2-3,6-9,14H,4-5,10-13H2,1H3,(H,22,27). The maximum absolute atomic E-state index is 12.7. The van der Waals surface area contributed by atoms with Gasteiger partial charge in [-0.15, -0.1) is 0 Å². The number of carbonyl (C=O) groups excluding carboxylic acids is 3. The highest BCUT2D eigenvalue weighted by Crippen LogP contribution is 2.35. The van der Waals surface area contributed by atoms with Crippen LogP contribution in [0.25, 0.3) is 10.8 Å². The highest BCUT2D eigenvalue weighted by Gasteiger charge is 2.52. The number of carbonyl (C=O) groups is 3. The van der Waals surface area contributed by atoms with Crippen LogP contribution in [0.3, 0.4) is 0 Å². The van der Waals surface area contributed by atoms with Crippen molar-refractivity contribution in [2.75, 3.05) is 18.5 Å². The number of hydrogen-bond donors (Lipinski definition) is 1. The summed E-state index contributed by atoms with van der Waals surface area (Å²) in [6.45, 7) is 0.114. The van der Waals surface area contributed by atoms with Crippen molar-refractivity contribution < 1.29 is 14.4 Å². The van der Waals surface area contributed by atoms with E-state index in [2.05, 4.69) is 5.32 Å². The first-order chi connectivity index (χ1) is 13.0. The SMILES string of the molecule is CN(C(=O)CCN1C(=O)NC2(CCCC2)C1=O)c1ccc2ccccc2c1. The van der Waals surface area contributed by atoms with Crippen molar-refractivity contribution in [1.29, 1.82) is 0 Å². The predicted octanol–water partition coefficient (Wildman–Crippen LogP) is 3.06. The Labute approximate surface area is 158 Å². The van der Waals surface area contributed by atoms with Gasteiger partial charge in [-0.1, -0.05) is 43.2 Å². The van der Waals surface area contributed by atoms with Gasteiger partial charge in [-0.3, -0.25) is 14.5 Å². The average molecular weight is 365 g/mol. The van der Waals surface area contributed by atoms with Gasteiger partial charge in [-0.2, -0.15) is 0 Å². The van der Waals surface area contributed by atoms with Crippen LogP contribution in [0.15, 0.2) is 42.5 Å². The van der Waals surface area contributed by atoms with E-state index in [1.165, 1.54) is 4.90 Å². The molecule has 6 nitrogen and oxygen atoms in total. The number of fused-ring (bicyclic) bond motifs is 1. The van der Waals surface area contributed by atoms with Crippen molar-refractivity contribution in [2.45, 2.75) is 37.6 Å². The Kier molecular flexibility index (Phi) is 4.34. The highest BCUT2D eigenvalue weighted by atomic mass is 16.2. The molecule has 2 aromatic carbocycles. The summed E-state index contributed by atoms with van der Waals surface area (Å²) in [6.07, 6.45) is 3.39. The number of nitrogens with one attached hydrogen (secondary N) is 1. The maximum Gasteiger partial charge on any atom is 0.325 e. The molecule has 1 N–H and O–H groups in total. The molecule has 1 aliphatic heterocycles. The zero-order chi connectivity index (χ0) is 19.0. The molecule has 0 radical (unpaired) electrons. The number of benzene rings is 2. The molecular formula is C21H23N3O3. The molecule has 6 heteroatoms. The van der Waals surface area contributed by atoms with Crippen molar-refractivity contribution in [3.8, 4) is 0 Å². The first-order valence-corrected chi connectivity index (χ1v) is 9.40. The van der Waals surface area contributed by atoms with Gasteiger partial charge in [0.15, 0.2) is 0 Å². The minimum atomic E-state index is -0.718. The van der Waals surface area contributed by atoms with Gasteiger partial charge >= 0.3 is 6.03 Å². The second-order valence-corrected chi connectivity index (χ2v) is 7.41. The Morgan fingerprint density at radius 2 is 1.81 bits per heavy atom. The molecule has 1 aliphatic carbocycles. The molecule has 0 aromatic heterocycles. The molecule has 140 valence electrons. The first-order valence-electron chi connectivity index (χ1n) is 9.40. The van der Waals surface area contributed by atoms with Crippen LogP contribution in [0.1, 0.15) is 32.1 Å². The summed E-state index contributed by atoms with van der Waals surface area (Å²) in [5.41, 5.74) is 0.0767. The lowest BCUT2D eigenvalue weighted by atomic mass is 9.98. The molecule has 1 heterocycles. The van der Waals surface area contributed by atoms with Crippen LogP contribution >= 0.6 is 0 Å². The van der Waals surface area contributed by atoms with Gasteiger partial charge < -0.3 is 10.2 Å². The van der Waals surface area contributed by atoms with Crippen LogP contribution in [0.5, 0.6) is 0 Å². The molecule has 4 rings (SSSR count). The van der Waals surface area contributed by atoms with E-state index in [1.54, 1.807) is 11.9 Å². The van der Waals surface area contributed by atoms with Crippen molar-refractivity contribution in [2.24, 2.45) is 0 Å². The fourth-order valence-electron chi connectivity index (χ4n) is 4.10. The predicted molar refractivity (Wildman–Crippen MR) is 103 cm³/mol. The molecule has 27 heavy (non-hydrogen) atoms. The van der Waals surface area contributed by atoms with Crippen molar-refractivity contribution >= 4 is 34.3 Å². The van der Waals surface area contributed by atoms with Crippen molar-refractivity contribution in [3.63, 3.8) is 0 Å². The summed E-state index contributed by atoms with van der Waals surface area (Å²) < 4.78 is 0. The number of imide groups is 1. The lowest BCUT2D eigenvalue weighted by Gasteiger charge is -2.21. The Bertz CT molecular complexity index is 918. The third-order valence-electron chi connectivity index (χ3n) is 5.75. The Morgan fingerprint density at radius 1 is 1.11 bits per heavy atom. The van der Waals surface area contributed by atoms with E-state index in [0.717, 1.165) is 29.3 Å². The topological polar surface area (TPSA) is 69.7 Å². The van der Waals surface area contributed by atoms with E-state index in [0.29, 0.717) is 12.8 Å². The largest absolute Gasteiger partial charge is 0.325 e. The van der Waals surface area contributed by atoms with Crippen LogP contribution in [0, 0.1) is 0 Å². The molecule has 2 fully saturated rings. The van der Waals surface area contributed by atoms with Crippen LogP contribution < -0.4 is 10.2 Å². The Morgan fingerprint density at radius 3 is 2.56 bits per heavy atom. The number of nitrogens with zero attached hydrogens (tertiary/aromatic N) is 2. The second kappa shape index (κ2) is 6.68. The third kappa shape index (κ3) is 3.05. The fraction of sp³-hybridized carbons (Fsp3) is 0.381. The smallest absolute Gasteiger partial charge is 0.323 e. The Hall–Kier alpha value is -2.89. The molecule has 4 amide bonds. The summed E-state index contributed by atoms with van der Waals surface area (Å²) in [5.74, 6) is -0.301. The summed E-state index contributed by atoms with van der Waals surface area (Å²) >= 11 is 0. The maximum atomic E-state index is 12.7. The lowest BCUT2D eigenvalue weighted by Crippen LogP contribution is -2.44. The van der Waals surface area contributed by atoms with Gasteiger partial charge in [-0.25, -0.2) is 4.79 Å². The molecule has 0 atom stereocenters. The van der Waals surface area contributed by atoms with E-state index in [4.69, 9.17) is 0 Å². The minimum Gasteiger partial charge on any atom is -0.323 e. The number of urea groups is 1. The molecule has 1 saturated carbocycles. The molecule has 1 spiro atoms. The van der Waals surface area contributed by atoms with Gasteiger partial charge in [0, 0.05) is 25.7 Å². The van der Waals surface area contributed by atoms with Gasteiger partial charge in [0.25, 0.3) is 5.91 Å². The number of anilines is 1. The van der Waals surface area contributed by atoms with Gasteiger partial charge in [0.1, 0.15) is 5.54 Å². The van der Waals surface area contributed by atoms with Crippen LogP contribution in [-0.2, 0) is 9.59 Å². The van der Waals surface area contributed by atoms with Gasteiger partial charge in [-0.05, 0) is 35.7 Å². The normalized spacial score (nSPS) is 18.3. The monoisotopic (exact) mass is 365 g/mol. The average Bonchev–Trinajstić information content (AvgIpc) is 3.24. The quantitative estimate of drug-likeness (QED) is 0.847. The van der Waals surface area contributed by atoms with E-state index in [-0.39, 0.29) is 30.8 Å². The number of rotatable bonds is 4. The zero-order valence-corrected chi connectivity index (χ0v) is 15.4. The Balaban J connectivity index is 1.42. The zero-order valence-electron chi connectivity index (χ0n) is 15.4. The van der Waals surface area contributed by atoms with E-state index in [1.807, 2.05) is 42.5 Å². The number of amides is 4. The summed E-state index contributed by atoms with van der Waals surface area (Å²) in [7, 11) is 1.72. The molecule has 0 unspecified atom stereocenters. The van der Waals surface area contributed by atoms with Crippen LogP contribution in [0.4, 0.5) is 10.5 Å². The summed E-state index contributed by atoms with van der Waals surface area (Å²) in [5, 5.41) is 5.02. The van der Waals surface area contributed by atoms with E-state index in [9.17, 15) is 14.4 Å². The molecule has 2 aromatic rings. The minimum absolute atomic E-state index is 0.110. The van der Waals surface area contributed by atoms with E-state index < -0.39 is 5.54 Å². The summed E-state index contributed by atoms with van der Waals surface area (Å²) in [6, 6.07) is 13.5. The fourth-order valence-corrected chi connectivity index (χ4v) is 4.10. The molecular weight excluding hydrogens is 342 g/mol. The van der Waals surface area contributed by atoms with Crippen molar-refractivity contribution in [1.82, 2.24) is 10.2 Å². The lowest BCUT2D eigenvalue weighted by molar-refractivity contribution is -0.131. The summed E-state index contributed by atoms with van der Waals surface area (Å²) in [4.78, 5) is 40.3. The first kappa shape index (κ1) is 17.5. The molecule has 1 saturated heterocycles. The van der Waals surface area contributed by atoms with Gasteiger partial charge in [0.2, 0.25) is 5.91 Å². The third-order valence-corrected chi connectivity index (χ3v) is 5.75. The second-order valence-electron chi connectivity index (χ2n) is 7.41. The van der Waals surface area contributed by atoms with Gasteiger partial charge in [0.05, 0.1) is 0 Å². The van der Waals surface area contributed by atoms with Crippen LogP contribution in [-0.4, -0.2) is 41.9 Å². The van der Waals surface area contributed by atoms with Crippen LogP contribution in [0.2, 0.25) is 0 Å².